The molecule has 1 nitrogen and oxygen atoms in total. The van der Waals surface area contributed by atoms with E-state index in [0.717, 1.165) is 19.1 Å². The van der Waals surface area contributed by atoms with Crippen LogP contribution in [0.3, 0.4) is 0 Å². The van der Waals surface area contributed by atoms with E-state index in [1.54, 1.807) is 5.54 Å². The first-order valence-electron chi connectivity index (χ1n) is 5.83. The van der Waals surface area contributed by atoms with Crippen molar-refractivity contribution < 1.29 is 0 Å². The topological polar surface area (TPSA) is 3.24 Å². The quantitative estimate of drug-likeness (QED) is 0.666. The first kappa shape index (κ1) is 13.3. The van der Waals surface area contributed by atoms with Crippen LogP contribution >= 0.6 is 23.2 Å². The van der Waals surface area contributed by atoms with Gasteiger partial charge in [-0.3, -0.25) is 4.90 Å². The predicted molar refractivity (Wildman–Crippen MR) is 68.8 cm³/mol. The minimum absolute atomic E-state index is 0.714. The average molecular weight is 250 g/mol. The lowest BCUT2D eigenvalue weighted by Gasteiger charge is -2.34. The first-order chi connectivity index (χ1) is 7.27. The van der Waals surface area contributed by atoms with E-state index in [-0.39, 0.29) is 0 Å². The van der Waals surface area contributed by atoms with Crippen LogP contribution in [-0.4, -0.2) is 29.9 Å². The number of alkyl halides is 1. The lowest BCUT2D eigenvalue weighted by atomic mass is 9.94. The molecule has 0 aromatic heterocycles. The molecule has 0 atom stereocenters. The molecule has 0 spiro atoms. The molecule has 0 N–H and O–H groups in total. The zero-order valence-corrected chi connectivity index (χ0v) is 11.0. The molecule has 0 bridgehead atoms. The van der Waals surface area contributed by atoms with E-state index in [2.05, 4.69) is 11.8 Å². The summed E-state index contributed by atoms with van der Waals surface area (Å²) in [6.07, 6.45) is 6.79. The van der Waals surface area contributed by atoms with Crippen LogP contribution in [0.5, 0.6) is 0 Å². The Hall–Kier alpha value is 0.280. The summed E-state index contributed by atoms with van der Waals surface area (Å²) in [5.41, 5.74) is 2.91. The Morgan fingerprint density at radius 3 is 2.53 bits per heavy atom. The zero-order chi connectivity index (χ0) is 11.1. The highest BCUT2D eigenvalue weighted by molar-refractivity contribution is 6.25. The van der Waals surface area contributed by atoms with Gasteiger partial charge in [-0.2, -0.15) is 0 Å². The third-order valence-electron chi connectivity index (χ3n) is 3.10. The van der Waals surface area contributed by atoms with E-state index < -0.39 is 0 Å². The van der Waals surface area contributed by atoms with Crippen LogP contribution in [-0.2, 0) is 0 Å². The van der Waals surface area contributed by atoms with Crippen LogP contribution in [0.15, 0.2) is 11.1 Å². The van der Waals surface area contributed by atoms with Crippen molar-refractivity contribution in [2.75, 3.05) is 19.0 Å². The van der Waals surface area contributed by atoms with Crippen LogP contribution in [0.2, 0.25) is 0 Å². The normalized spacial score (nSPS) is 19.9. The highest BCUT2D eigenvalue weighted by atomic mass is 35.5. The summed E-state index contributed by atoms with van der Waals surface area (Å²) in [4.78, 5) is 2.49. The Morgan fingerprint density at radius 1 is 1.33 bits per heavy atom. The number of rotatable bonds is 5. The van der Waals surface area contributed by atoms with Gasteiger partial charge in [0.15, 0.2) is 0 Å². The summed E-state index contributed by atoms with van der Waals surface area (Å²) in [5.74, 6) is 0.714. The third-order valence-corrected chi connectivity index (χ3v) is 3.64. The molecule has 1 aliphatic carbocycles. The van der Waals surface area contributed by atoms with Crippen molar-refractivity contribution in [1.82, 2.24) is 4.90 Å². The van der Waals surface area contributed by atoms with Gasteiger partial charge in [0.1, 0.15) is 0 Å². The number of nitrogens with zero attached hydrogens (tertiary/aromatic N) is 1. The molecule has 0 aliphatic heterocycles. The Balaban J connectivity index is 2.47. The summed E-state index contributed by atoms with van der Waals surface area (Å²) < 4.78 is 0. The van der Waals surface area contributed by atoms with Gasteiger partial charge < -0.3 is 0 Å². The fourth-order valence-electron chi connectivity index (χ4n) is 2.30. The molecular formula is C12H21Cl2N. The first-order valence-corrected chi connectivity index (χ1v) is 6.81. The number of halogens is 2. The molecule has 0 radical (unpaired) electrons. The van der Waals surface area contributed by atoms with Crippen molar-refractivity contribution in [3.63, 3.8) is 0 Å². The molecule has 15 heavy (non-hydrogen) atoms. The summed E-state index contributed by atoms with van der Waals surface area (Å²) in [6, 6.07) is 0.726. The van der Waals surface area contributed by atoms with Crippen molar-refractivity contribution in [2.24, 2.45) is 0 Å². The highest BCUT2D eigenvalue weighted by Gasteiger charge is 2.20. The molecule has 1 aliphatic rings. The van der Waals surface area contributed by atoms with E-state index in [1.165, 1.54) is 37.7 Å². The molecule has 3 heteroatoms. The standard InChI is InChI=1S/C12H21Cl2N/c1-11(9-14)10-15(8-7-13)12-5-3-2-4-6-12/h9,12H,2-8,10H2,1H3. The Kier molecular flexibility index (Phi) is 6.71. The van der Waals surface area contributed by atoms with Gasteiger partial charge in [0, 0.05) is 30.5 Å². The van der Waals surface area contributed by atoms with Crippen LogP contribution in [0, 0.1) is 0 Å². The van der Waals surface area contributed by atoms with Gasteiger partial charge in [0.2, 0.25) is 0 Å². The molecule has 0 saturated heterocycles. The maximum Gasteiger partial charge on any atom is 0.0351 e. The maximum atomic E-state index is 5.85. The fourth-order valence-corrected chi connectivity index (χ4v) is 2.59. The predicted octanol–water partition coefficient (Wildman–Crippen LogP) is 4.00. The molecule has 0 aromatic rings. The summed E-state index contributed by atoms with van der Waals surface area (Å²) in [5, 5.41) is 0. The van der Waals surface area contributed by atoms with Gasteiger partial charge in [0.05, 0.1) is 0 Å². The molecule has 88 valence electrons. The smallest absolute Gasteiger partial charge is 0.0351 e. The van der Waals surface area contributed by atoms with Gasteiger partial charge in [-0.1, -0.05) is 30.9 Å². The van der Waals surface area contributed by atoms with Gasteiger partial charge in [0.25, 0.3) is 0 Å². The average Bonchev–Trinajstić information content (AvgIpc) is 2.29. The second-order valence-electron chi connectivity index (χ2n) is 4.41. The zero-order valence-electron chi connectivity index (χ0n) is 9.51. The maximum absolute atomic E-state index is 5.85. The van der Waals surface area contributed by atoms with Crippen molar-refractivity contribution in [3.8, 4) is 0 Å². The minimum Gasteiger partial charge on any atom is -0.295 e. The van der Waals surface area contributed by atoms with E-state index in [0.29, 0.717) is 5.88 Å². The molecular weight excluding hydrogens is 229 g/mol. The van der Waals surface area contributed by atoms with E-state index in [4.69, 9.17) is 23.2 Å². The fraction of sp³-hybridized carbons (Fsp3) is 0.833. The molecule has 1 saturated carbocycles. The lowest BCUT2D eigenvalue weighted by Crippen LogP contribution is -2.39. The van der Waals surface area contributed by atoms with Gasteiger partial charge in [-0.25, -0.2) is 0 Å². The van der Waals surface area contributed by atoms with Crippen molar-refractivity contribution in [2.45, 2.75) is 45.1 Å². The van der Waals surface area contributed by atoms with E-state index in [1.807, 2.05) is 0 Å². The molecule has 0 aromatic carbocycles. The minimum atomic E-state index is 0.714. The van der Waals surface area contributed by atoms with Gasteiger partial charge in [-0.05, 0) is 25.3 Å². The van der Waals surface area contributed by atoms with Crippen LogP contribution in [0.4, 0.5) is 0 Å². The van der Waals surface area contributed by atoms with Crippen LogP contribution in [0.1, 0.15) is 39.0 Å². The van der Waals surface area contributed by atoms with Crippen molar-refractivity contribution in [3.05, 3.63) is 11.1 Å². The molecule has 1 rings (SSSR count). The van der Waals surface area contributed by atoms with E-state index >= 15 is 0 Å². The number of hydrogen-bond acceptors (Lipinski definition) is 1. The van der Waals surface area contributed by atoms with E-state index in [9.17, 15) is 0 Å². The van der Waals surface area contributed by atoms with Gasteiger partial charge in [-0.15, -0.1) is 11.6 Å². The largest absolute Gasteiger partial charge is 0.295 e. The molecule has 0 unspecified atom stereocenters. The summed E-state index contributed by atoms with van der Waals surface area (Å²) >= 11 is 11.6. The monoisotopic (exact) mass is 249 g/mol. The van der Waals surface area contributed by atoms with Crippen LogP contribution < -0.4 is 0 Å². The molecule has 1 fully saturated rings. The summed E-state index contributed by atoms with van der Waals surface area (Å²) in [7, 11) is 0. The van der Waals surface area contributed by atoms with Crippen LogP contribution in [0.25, 0.3) is 0 Å². The third kappa shape index (κ3) is 4.76. The Morgan fingerprint density at radius 2 is 2.00 bits per heavy atom. The van der Waals surface area contributed by atoms with Crippen molar-refractivity contribution in [1.29, 1.82) is 0 Å². The van der Waals surface area contributed by atoms with Gasteiger partial charge >= 0.3 is 0 Å². The molecule has 0 heterocycles. The highest BCUT2D eigenvalue weighted by Crippen LogP contribution is 2.23. The lowest BCUT2D eigenvalue weighted by molar-refractivity contribution is 0.178. The Labute approximate surface area is 103 Å². The van der Waals surface area contributed by atoms with Crippen molar-refractivity contribution >= 4 is 23.2 Å². The second kappa shape index (κ2) is 7.54. The molecule has 0 amide bonds. The SMILES string of the molecule is CC(=CCl)CN(CCCl)C1CCCCC1. The Bertz CT molecular complexity index is 198. The second-order valence-corrected chi connectivity index (χ2v) is 5.00. The summed E-state index contributed by atoms with van der Waals surface area (Å²) in [6.45, 7) is 4.03. The number of hydrogen-bond donors (Lipinski definition) is 0.